The van der Waals surface area contributed by atoms with Crippen LogP contribution in [0, 0.1) is 0 Å². The summed E-state index contributed by atoms with van der Waals surface area (Å²) in [5.41, 5.74) is 4.83. The molecular formula is C28H18Cl4N4O6Zn. The number of nitrogens with one attached hydrogen (secondary N) is 2. The minimum atomic E-state index is -0.607. The van der Waals surface area contributed by atoms with Crippen LogP contribution in [0.4, 0.5) is 0 Å². The van der Waals surface area contributed by atoms with E-state index in [0.29, 0.717) is 0 Å². The van der Waals surface area contributed by atoms with Crippen LogP contribution in [0.3, 0.4) is 0 Å². The summed E-state index contributed by atoms with van der Waals surface area (Å²) in [7, 11) is 0. The summed E-state index contributed by atoms with van der Waals surface area (Å²) in [5, 5.41) is 50.2. The molecule has 0 heterocycles. The van der Waals surface area contributed by atoms with Crippen LogP contribution in [0.25, 0.3) is 0 Å². The first kappa shape index (κ1) is 35.3. The van der Waals surface area contributed by atoms with Gasteiger partial charge in [0, 0.05) is 20.1 Å². The number of amides is 2. The van der Waals surface area contributed by atoms with Gasteiger partial charge in [0.05, 0.1) is 23.6 Å². The Morgan fingerprint density at radius 1 is 0.651 bits per heavy atom. The number of nitrogens with zero attached hydrogens (tertiary/aromatic N) is 2. The summed E-state index contributed by atoms with van der Waals surface area (Å²) in [5.74, 6) is -2.43. The van der Waals surface area contributed by atoms with Crippen molar-refractivity contribution in [3.63, 3.8) is 0 Å². The zero-order valence-electron chi connectivity index (χ0n) is 21.7. The van der Waals surface area contributed by atoms with Gasteiger partial charge in [-0.15, -0.1) is 0 Å². The molecule has 4 aromatic rings. The third-order valence-electron chi connectivity index (χ3n) is 5.11. The number of benzene rings is 4. The topological polar surface area (TPSA) is 169 Å². The summed E-state index contributed by atoms with van der Waals surface area (Å²) in [6.45, 7) is 0. The van der Waals surface area contributed by atoms with Crippen molar-refractivity contribution in [2.24, 2.45) is 10.2 Å². The third-order valence-corrected chi connectivity index (χ3v) is 6.11. The zero-order chi connectivity index (χ0) is 30.8. The van der Waals surface area contributed by atoms with E-state index >= 15 is 0 Å². The van der Waals surface area contributed by atoms with Crippen molar-refractivity contribution in [2.75, 3.05) is 0 Å². The Bertz CT molecular complexity index is 1560. The van der Waals surface area contributed by atoms with Crippen LogP contribution >= 0.6 is 46.4 Å². The fourth-order valence-corrected chi connectivity index (χ4v) is 4.14. The van der Waals surface area contributed by atoms with Gasteiger partial charge in [0.2, 0.25) is 0 Å². The van der Waals surface area contributed by atoms with Crippen LogP contribution in [0.2, 0.25) is 20.1 Å². The van der Waals surface area contributed by atoms with Gasteiger partial charge in [0.15, 0.2) is 0 Å². The van der Waals surface area contributed by atoms with E-state index in [4.69, 9.17) is 46.4 Å². The second-order valence-corrected chi connectivity index (χ2v) is 9.73. The Morgan fingerprint density at radius 3 is 1.35 bits per heavy atom. The molecule has 4 N–H and O–H groups in total. The normalized spacial score (nSPS) is 10.5. The molecule has 216 valence electrons. The van der Waals surface area contributed by atoms with Crippen molar-refractivity contribution in [3.05, 3.63) is 115 Å². The molecule has 2 amide bonds. The van der Waals surface area contributed by atoms with Crippen LogP contribution in [-0.2, 0) is 19.5 Å². The average molecular weight is 714 g/mol. The maximum Gasteiger partial charge on any atom is 2.00 e. The summed E-state index contributed by atoms with van der Waals surface area (Å²) in [4.78, 5) is 23.5. The Balaban J connectivity index is 0.000000293. The molecule has 0 aliphatic rings. The Morgan fingerprint density at radius 2 is 1.00 bits per heavy atom. The fraction of sp³-hybridized carbons (Fsp3) is 0. The van der Waals surface area contributed by atoms with Gasteiger partial charge < -0.3 is 20.4 Å². The molecule has 0 aliphatic carbocycles. The van der Waals surface area contributed by atoms with Crippen molar-refractivity contribution in [2.45, 2.75) is 0 Å². The Kier molecular flexibility index (Phi) is 13.7. The predicted molar refractivity (Wildman–Crippen MR) is 158 cm³/mol. The van der Waals surface area contributed by atoms with Crippen molar-refractivity contribution in [1.82, 2.24) is 10.9 Å². The summed E-state index contributed by atoms with van der Waals surface area (Å²) < 4.78 is 0. The number of halogens is 4. The first-order valence-electron chi connectivity index (χ1n) is 11.5. The third kappa shape index (κ3) is 10.1. The van der Waals surface area contributed by atoms with Gasteiger partial charge in [0.25, 0.3) is 11.8 Å². The molecule has 0 atom stereocenters. The van der Waals surface area contributed by atoms with Crippen molar-refractivity contribution >= 4 is 70.6 Å². The molecule has 0 spiro atoms. The van der Waals surface area contributed by atoms with Crippen LogP contribution in [-0.4, -0.2) is 34.5 Å². The van der Waals surface area contributed by atoms with Gasteiger partial charge in [-0.2, -0.15) is 10.2 Å². The van der Waals surface area contributed by atoms with Gasteiger partial charge in [-0.05, 0) is 59.7 Å². The zero-order valence-corrected chi connectivity index (χ0v) is 27.7. The van der Waals surface area contributed by atoms with E-state index in [-0.39, 0.29) is 73.3 Å². The number of carbonyl (C=O) groups is 2. The molecule has 0 radical (unpaired) electrons. The number of rotatable bonds is 6. The standard InChI is InChI=1S/2C14H10Cl2N2O3.Zn/c2*15-9-5-8(13(20)11(16)6-9)7-17-18-14(21)10-3-1-2-4-12(10)19;/h2*1-7,19-20H,(H,18,21);/q;;+2/p-2/b2*17-7+;. The minimum absolute atomic E-state index is 0. The maximum atomic E-state index is 11.8. The number of phenolic OH excluding ortho intramolecular Hbond substituents is 2. The number of hydrogen-bond acceptors (Lipinski definition) is 8. The van der Waals surface area contributed by atoms with Crippen LogP contribution < -0.4 is 21.1 Å². The minimum Gasteiger partial charge on any atom is -0.871 e. The van der Waals surface area contributed by atoms with E-state index in [2.05, 4.69) is 21.1 Å². The quantitative estimate of drug-likeness (QED) is 0.124. The SMILES string of the molecule is O=C(N/N=C/c1cc(Cl)cc(Cl)c1[O-])c1ccccc1O.O=C(N/N=C/c1cc(Cl)cc(Cl)c1[O-])c1ccccc1O.[Zn+2]. The van der Waals surface area contributed by atoms with E-state index in [0.717, 1.165) is 12.4 Å². The van der Waals surface area contributed by atoms with Crippen molar-refractivity contribution < 1.29 is 49.5 Å². The number of aromatic hydroxyl groups is 2. The van der Waals surface area contributed by atoms with E-state index in [9.17, 15) is 30.0 Å². The Labute approximate surface area is 277 Å². The largest absolute Gasteiger partial charge is 2.00 e. The summed E-state index contributed by atoms with van der Waals surface area (Å²) in [6.07, 6.45) is 2.27. The number of para-hydroxylation sites is 2. The van der Waals surface area contributed by atoms with E-state index < -0.39 is 23.3 Å². The second-order valence-electron chi connectivity index (χ2n) is 8.04. The number of hydrazone groups is 2. The van der Waals surface area contributed by atoms with Crippen molar-refractivity contribution in [3.8, 4) is 23.0 Å². The first-order valence-corrected chi connectivity index (χ1v) is 13.0. The molecule has 0 unspecified atom stereocenters. The molecule has 43 heavy (non-hydrogen) atoms. The van der Waals surface area contributed by atoms with Crippen LogP contribution in [0.1, 0.15) is 31.8 Å². The van der Waals surface area contributed by atoms with Crippen molar-refractivity contribution in [1.29, 1.82) is 0 Å². The predicted octanol–water partition coefficient (Wildman–Crippen LogP) is 5.07. The van der Waals surface area contributed by atoms with E-state index in [1.54, 1.807) is 24.3 Å². The van der Waals surface area contributed by atoms with Crippen LogP contribution in [0.5, 0.6) is 23.0 Å². The molecular weight excluding hydrogens is 696 g/mol. The van der Waals surface area contributed by atoms with Crippen LogP contribution in [0.15, 0.2) is 83.0 Å². The molecule has 0 fully saturated rings. The maximum absolute atomic E-state index is 11.8. The summed E-state index contributed by atoms with van der Waals surface area (Å²) >= 11 is 22.9. The average Bonchev–Trinajstić information content (AvgIpc) is 2.94. The van der Waals surface area contributed by atoms with E-state index in [1.165, 1.54) is 48.5 Å². The molecule has 4 aromatic carbocycles. The molecule has 10 nitrogen and oxygen atoms in total. The number of hydrogen-bond donors (Lipinski definition) is 4. The molecule has 0 aromatic heterocycles. The van der Waals surface area contributed by atoms with Gasteiger partial charge in [-0.1, -0.05) is 82.2 Å². The van der Waals surface area contributed by atoms with Gasteiger partial charge in [-0.3, -0.25) is 9.59 Å². The monoisotopic (exact) mass is 710 g/mol. The Hall–Kier alpha value is -3.86. The molecule has 0 saturated heterocycles. The second kappa shape index (κ2) is 16.7. The van der Waals surface area contributed by atoms with Gasteiger partial charge in [-0.25, -0.2) is 10.9 Å². The first-order chi connectivity index (χ1) is 20.0. The number of carbonyl (C=O) groups excluding carboxylic acids is 2. The molecule has 0 bridgehead atoms. The summed E-state index contributed by atoms with van der Waals surface area (Å²) in [6, 6.07) is 17.4. The molecule has 15 heteroatoms. The van der Waals surface area contributed by atoms with Gasteiger partial charge >= 0.3 is 19.5 Å². The molecule has 0 aliphatic heterocycles. The smallest absolute Gasteiger partial charge is 0.871 e. The molecule has 0 saturated carbocycles. The molecule has 4 rings (SSSR count). The number of phenols is 2. The van der Waals surface area contributed by atoms with Gasteiger partial charge in [0.1, 0.15) is 11.5 Å². The van der Waals surface area contributed by atoms with E-state index in [1.807, 2.05) is 0 Å². The fourth-order valence-electron chi connectivity index (χ4n) is 3.12.